The number of primary amides is 1. The number of aryl methyl sites for hydroxylation is 2. The van der Waals surface area contributed by atoms with Gasteiger partial charge in [0.15, 0.2) is 0 Å². The molecule has 2 unspecified atom stereocenters. The number of hydrogen-bond acceptors (Lipinski definition) is 8. The molecule has 4 rings (SSSR count). The monoisotopic (exact) mass is 569 g/mol. The molecule has 1 saturated heterocycles. The zero-order valence-electron chi connectivity index (χ0n) is 24.4. The number of hydrogen-bond donors (Lipinski definition) is 3. The Balaban J connectivity index is 1.75. The van der Waals surface area contributed by atoms with Crippen LogP contribution in [0.15, 0.2) is 70.3 Å². The smallest absolute Gasteiger partial charge is 0.248 e. The van der Waals surface area contributed by atoms with Crippen LogP contribution < -0.4 is 16.8 Å². The number of nitrogens with two attached hydrogens (primary N) is 2. The zero-order valence-corrected chi connectivity index (χ0v) is 24.4. The first-order chi connectivity index (χ1) is 20.2. The van der Waals surface area contributed by atoms with Crippen molar-refractivity contribution >= 4 is 11.8 Å². The number of carbonyl (C=O) groups excluding carboxylic acids is 2. The Morgan fingerprint density at radius 2 is 2.14 bits per heavy atom. The predicted octanol–water partition coefficient (Wildman–Crippen LogP) is 3.49. The Hall–Kier alpha value is -4.49. The van der Waals surface area contributed by atoms with E-state index in [1.165, 1.54) is 0 Å². The first-order valence-electron chi connectivity index (χ1n) is 14.3. The third-order valence-corrected chi connectivity index (χ3v) is 7.97. The van der Waals surface area contributed by atoms with Gasteiger partial charge in [-0.15, -0.1) is 10.2 Å². The van der Waals surface area contributed by atoms with Crippen LogP contribution in [0.5, 0.6) is 0 Å². The first kappa shape index (κ1) is 30.5. The van der Waals surface area contributed by atoms with E-state index in [1.807, 2.05) is 31.2 Å². The van der Waals surface area contributed by atoms with Crippen molar-refractivity contribution in [2.75, 3.05) is 19.6 Å². The average molecular weight is 570 g/mol. The average Bonchev–Trinajstić information content (AvgIpc) is 3.60. The van der Waals surface area contributed by atoms with E-state index in [1.54, 1.807) is 17.9 Å². The van der Waals surface area contributed by atoms with E-state index in [0.29, 0.717) is 61.8 Å². The van der Waals surface area contributed by atoms with Crippen LogP contribution in [0.4, 0.5) is 0 Å². The van der Waals surface area contributed by atoms with Crippen molar-refractivity contribution in [2.45, 2.75) is 63.8 Å². The Morgan fingerprint density at radius 3 is 2.81 bits per heavy atom. The van der Waals surface area contributed by atoms with Crippen molar-refractivity contribution in [3.05, 3.63) is 94.4 Å². The van der Waals surface area contributed by atoms with Crippen molar-refractivity contribution in [2.24, 2.45) is 11.5 Å². The van der Waals surface area contributed by atoms with E-state index in [9.17, 15) is 14.9 Å². The summed E-state index contributed by atoms with van der Waals surface area (Å²) in [7, 11) is 0. The van der Waals surface area contributed by atoms with Gasteiger partial charge in [-0.25, -0.2) is 0 Å². The second-order valence-corrected chi connectivity index (χ2v) is 10.8. The Morgan fingerprint density at radius 1 is 1.33 bits per heavy atom. The molecule has 42 heavy (non-hydrogen) atoms. The lowest BCUT2D eigenvalue weighted by atomic mass is 9.69. The molecule has 1 aromatic heterocycles. The molecule has 0 radical (unpaired) electrons. The molecule has 0 bridgehead atoms. The molecule has 0 spiro atoms. The first-order valence-corrected chi connectivity index (χ1v) is 14.3. The zero-order chi connectivity index (χ0) is 30.3. The van der Waals surface area contributed by atoms with E-state index in [2.05, 4.69) is 40.3 Å². The number of carbonyl (C=O) groups is 2. The van der Waals surface area contributed by atoms with E-state index in [4.69, 9.17) is 15.9 Å². The molecular formula is C32H39N7O3. The lowest BCUT2D eigenvalue weighted by Crippen LogP contribution is -2.42. The third-order valence-electron chi connectivity index (χ3n) is 7.97. The number of aromatic nitrogens is 2. The molecule has 10 nitrogen and oxygen atoms in total. The van der Waals surface area contributed by atoms with Crippen molar-refractivity contribution < 1.29 is 14.0 Å². The van der Waals surface area contributed by atoms with Crippen LogP contribution in [-0.4, -0.2) is 52.6 Å². The fraction of sp³-hybridized carbons (Fsp3) is 0.406. The SMILES string of the molecule is C=C(N)CC(/C=C\C1=CCCc2cc(C(N)=O)ccc2C1(CCNCC(=O)N1CCCC1C#N)c1nnc(C)o1)=C/C. The molecule has 1 aromatic carbocycles. The highest BCUT2D eigenvalue weighted by molar-refractivity contribution is 5.93. The van der Waals surface area contributed by atoms with Crippen molar-refractivity contribution in [3.8, 4) is 6.07 Å². The number of nitriles is 1. The van der Waals surface area contributed by atoms with Gasteiger partial charge in [-0.1, -0.05) is 36.9 Å². The molecule has 2 atom stereocenters. The lowest BCUT2D eigenvalue weighted by Gasteiger charge is -2.34. The Labute approximate surface area is 246 Å². The molecule has 0 saturated carbocycles. The molecule has 2 aromatic rings. The summed E-state index contributed by atoms with van der Waals surface area (Å²) in [5, 5.41) is 21.4. The standard InChI is InChI=1S/C32H39N7O3/c1-4-23(17-21(2)34)10-12-26-8-5-7-24-18-25(30(35)41)11-13-28(24)32(26,31-38-37-22(3)42-31)14-15-36-20-29(40)39-16-6-9-27(39)19-33/h4,8,10-13,18,27,36H,2,5-7,9,14-17,20,34H2,1,3H3,(H2,35,41)/b12-10-,23-4+. The summed E-state index contributed by atoms with van der Waals surface area (Å²) < 4.78 is 6.16. The maximum Gasteiger partial charge on any atom is 0.248 e. The second-order valence-electron chi connectivity index (χ2n) is 10.8. The van der Waals surface area contributed by atoms with Gasteiger partial charge in [-0.05, 0) is 80.0 Å². The van der Waals surface area contributed by atoms with Gasteiger partial charge in [0.25, 0.3) is 0 Å². The number of likely N-dealkylation sites (tertiary alicyclic amines) is 1. The van der Waals surface area contributed by atoms with Gasteiger partial charge in [-0.3, -0.25) is 9.59 Å². The summed E-state index contributed by atoms with van der Waals surface area (Å²) in [6, 6.07) is 7.36. The third kappa shape index (κ3) is 6.52. The van der Waals surface area contributed by atoms with Crippen LogP contribution >= 0.6 is 0 Å². The minimum Gasteiger partial charge on any atom is -0.424 e. The van der Waals surface area contributed by atoms with Gasteiger partial charge in [0.1, 0.15) is 6.04 Å². The molecule has 1 aliphatic carbocycles. The number of fused-ring (bicyclic) bond motifs is 1. The number of nitrogens with zero attached hydrogens (tertiary/aromatic N) is 4. The lowest BCUT2D eigenvalue weighted by molar-refractivity contribution is -0.130. The molecule has 2 aliphatic rings. The number of rotatable bonds is 11. The van der Waals surface area contributed by atoms with E-state index in [-0.39, 0.29) is 18.5 Å². The fourth-order valence-electron chi connectivity index (χ4n) is 5.88. The van der Waals surface area contributed by atoms with Crippen molar-refractivity contribution in [1.82, 2.24) is 20.4 Å². The molecule has 2 amide bonds. The fourth-order valence-corrected chi connectivity index (χ4v) is 5.88. The molecule has 2 heterocycles. The molecule has 1 fully saturated rings. The highest BCUT2D eigenvalue weighted by Gasteiger charge is 2.44. The van der Waals surface area contributed by atoms with Crippen LogP contribution in [0.1, 0.15) is 72.3 Å². The summed E-state index contributed by atoms with van der Waals surface area (Å²) in [6.07, 6.45) is 12.2. The molecule has 5 N–H and O–H groups in total. The predicted molar refractivity (Wildman–Crippen MR) is 160 cm³/mol. The second kappa shape index (κ2) is 13.4. The van der Waals surface area contributed by atoms with Crippen LogP contribution in [-0.2, 0) is 16.6 Å². The molecule has 220 valence electrons. The van der Waals surface area contributed by atoms with Gasteiger partial charge in [0, 0.05) is 31.1 Å². The quantitative estimate of drug-likeness (QED) is 0.273. The maximum absolute atomic E-state index is 12.9. The summed E-state index contributed by atoms with van der Waals surface area (Å²) in [5.41, 5.74) is 15.5. The van der Waals surface area contributed by atoms with Gasteiger partial charge in [0.05, 0.1) is 18.0 Å². The Kier molecular flexibility index (Phi) is 9.76. The van der Waals surface area contributed by atoms with Gasteiger partial charge >= 0.3 is 0 Å². The number of benzene rings is 1. The maximum atomic E-state index is 12.9. The Bertz CT molecular complexity index is 1480. The van der Waals surface area contributed by atoms with E-state index < -0.39 is 11.3 Å². The number of amides is 2. The summed E-state index contributed by atoms with van der Waals surface area (Å²) in [4.78, 5) is 26.6. The van der Waals surface area contributed by atoms with E-state index in [0.717, 1.165) is 35.1 Å². The van der Waals surface area contributed by atoms with Crippen LogP contribution in [0.3, 0.4) is 0 Å². The van der Waals surface area contributed by atoms with Crippen LogP contribution in [0, 0.1) is 18.3 Å². The summed E-state index contributed by atoms with van der Waals surface area (Å²) >= 11 is 0. The van der Waals surface area contributed by atoms with Crippen molar-refractivity contribution in [1.29, 1.82) is 5.26 Å². The topological polar surface area (TPSA) is 164 Å². The summed E-state index contributed by atoms with van der Waals surface area (Å²) in [6.45, 7) is 8.70. The van der Waals surface area contributed by atoms with Gasteiger partial charge < -0.3 is 26.1 Å². The highest BCUT2D eigenvalue weighted by atomic mass is 16.4. The van der Waals surface area contributed by atoms with Crippen molar-refractivity contribution in [3.63, 3.8) is 0 Å². The molecule has 1 aliphatic heterocycles. The number of allylic oxidation sites excluding steroid dienone is 6. The number of nitrogens with one attached hydrogen (secondary N) is 1. The normalized spacial score (nSPS) is 20.6. The minimum absolute atomic E-state index is 0.0931. The largest absolute Gasteiger partial charge is 0.424 e. The van der Waals surface area contributed by atoms with Gasteiger partial charge in [0.2, 0.25) is 23.6 Å². The van der Waals surface area contributed by atoms with Crippen LogP contribution in [0.25, 0.3) is 0 Å². The minimum atomic E-state index is -0.878. The molecular weight excluding hydrogens is 530 g/mol. The van der Waals surface area contributed by atoms with Crippen LogP contribution in [0.2, 0.25) is 0 Å². The van der Waals surface area contributed by atoms with Gasteiger partial charge in [-0.2, -0.15) is 5.26 Å². The highest BCUT2D eigenvalue weighted by Crippen LogP contribution is 2.46. The van der Waals surface area contributed by atoms with E-state index >= 15 is 0 Å². The molecule has 10 heteroatoms. The summed E-state index contributed by atoms with van der Waals surface area (Å²) in [5.74, 6) is 0.269.